The molecule has 0 radical (unpaired) electrons. The predicted octanol–water partition coefficient (Wildman–Crippen LogP) is 3.52. The largest absolute Gasteiger partial charge is 0.480 e. The summed E-state index contributed by atoms with van der Waals surface area (Å²) in [6.45, 7) is 6.38. The third-order valence-electron chi connectivity index (χ3n) is 4.22. The first kappa shape index (κ1) is 18.6. The average Bonchev–Trinajstić information content (AvgIpc) is 3.08. The number of nitrogens with zero attached hydrogens (tertiary/aromatic N) is 3. The van der Waals surface area contributed by atoms with Crippen LogP contribution in [0.3, 0.4) is 0 Å². The number of benzene rings is 2. The predicted molar refractivity (Wildman–Crippen MR) is 99.7 cm³/mol. The molecule has 0 aliphatic rings. The van der Waals surface area contributed by atoms with E-state index in [4.69, 9.17) is 10.5 Å². The summed E-state index contributed by atoms with van der Waals surface area (Å²) < 4.78 is 21.1. The first-order chi connectivity index (χ1) is 12.8. The molecule has 0 unspecified atom stereocenters. The zero-order valence-electron chi connectivity index (χ0n) is 15.4. The van der Waals surface area contributed by atoms with E-state index in [1.54, 1.807) is 36.4 Å². The van der Waals surface area contributed by atoms with Crippen molar-refractivity contribution in [1.29, 1.82) is 0 Å². The van der Waals surface area contributed by atoms with Gasteiger partial charge in [-0.2, -0.15) is 0 Å². The van der Waals surface area contributed by atoms with Crippen LogP contribution in [0.15, 0.2) is 48.5 Å². The molecular formula is C20H21FN4O2. The van der Waals surface area contributed by atoms with E-state index < -0.39 is 11.5 Å². The molecule has 0 aliphatic carbocycles. The Hall–Kier alpha value is -3.22. The lowest BCUT2D eigenvalue weighted by molar-refractivity contribution is 0.0938. The average molecular weight is 368 g/mol. The number of halogens is 1. The molecule has 1 heterocycles. The molecule has 0 saturated heterocycles. The maximum Gasteiger partial charge on any atom is 0.248 e. The zero-order chi connectivity index (χ0) is 19.6. The van der Waals surface area contributed by atoms with Crippen molar-refractivity contribution < 1.29 is 13.9 Å². The summed E-state index contributed by atoms with van der Waals surface area (Å²) in [5, 5.41) is 8.64. The second-order valence-electron chi connectivity index (χ2n) is 6.60. The Kier molecular flexibility index (Phi) is 4.94. The molecule has 0 spiro atoms. The number of rotatable bonds is 6. The molecule has 1 amide bonds. The van der Waals surface area contributed by atoms with Gasteiger partial charge in [-0.25, -0.2) is 4.39 Å². The van der Waals surface area contributed by atoms with Gasteiger partial charge in [0.2, 0.25) is 5.91 Å². The molecule has 0 saturated carbocycles. The number of carbonyl (C=O) groups excluding carboxylic acids is 1. The molecule has 7 heteroatoms. The van der Waals surface area contributed by atoms with Gasteiger partial charge < -0.3 is 15.0 Å². The molecule has 3 aromatic rings. The van der Waals surface area contributed by atoms with Crippen LogP contribution in [0.25, 0.3) is 11.4 Å². The highest BCUT2D eigenvalue weighted by Gasteiger charge is 2.30. The van der Waals surface area contributed by atoms with Crippen LogP contribution in [-0.2, 0) is 12.1 Å². The van der Waals surface area contributed by atoms with Gasteiger partial charge in [0.05, 0.1) is 0 Å². The number of ether oxygens (including phenoxy) is 1. The topological polar surface area (TPSA) is 83.0 Å². The number of hydrogen-bond donors (Lipinski definition) is 1. The van der Waals surface area contributed by atoms with Gasteiger partial charge >= 0.3 is 0 Å². The minimum absolute atomic E-state index is 0.321. The van der Waals surface area contributed by atoms with E-state index in [1.165, 1.54) is 12.1 Å². The van der Waals surface area contributed by atoms with E-state index in [0.717, 1.165) is 5.56 Å². The van der Waals surface area contributed by atoms with Gasteiger partial charge in [-0.15, -0.1) is 10.2 Å². The van der Waals surface area contributed by atoms with Crippen LogP contribution in [0.4, 0.5) is 4.39 Å². The summed E-state index contributed by atoms with van der Waals surface area (Å²) in [7, 11) is 0. The summed E-state index contributed by atoms with van der Waals surface area (Å²) in [6.07, 6.45) is 0. The molecule has 6 nitrogen and oxygen atoms in total. The van der Waals surface area contributed by atoms with Crippen molar-refractivity contribution in [2.24, 2.45) is 5.73 Å². The van der Waals surface area contributed by atoms with E-state index in [0.29, 0.717) is 29.5 Å². The van der Waals surface area contributed by atoms with Gasteiger partial charge in [-0.05, 0) is 57.2 Å². The van der Waals surface area contributed by atoms with Crippen molar-refractivity contribution in [1.82, 2.24) is 14.8 Å². The van der Waals surface area contributed by atoms with Crippen LogP contribution in [0.1, 0.15) is 37.0 Å². The van der Waals surface area contributed by atoms with Gasteiger partial charge in [-0.1, -0.05) is 12.1 Å². The van der Waals surface area contributed by atoms with Crippen molar-refractivity contribution in [3.05, 3.63) is 65.7 Å². The quantitative estimate of drug-likeness (QED) is 0.722. The lowest BCUT2D eigenvalue weighted by Crippen LogP contribution is -2.29. The van der Waals surface area contributed by atoms with Gasteiger partial charge in [-0.3, -0.25) is 4.79 Å². The lowest BCUT2D eigenvalue weighted by Gasteiger charge is -2.26. The summed E-state index contributed by atoms with van der Waals surface area (Å²) in [5.41, 5.74) is 5.75. The number of hydrogen-bond acceptors (Lipinski definition) is 4. The van der Waals surface area contributed by atoms with Crippen molar-refractivity contribution in [2.45, 2.75) is 32.9 Å². The van der Waals surface area contributed by atoms with E-state index in [1.807, 2.05) is 25.3 Å². The van der Waals surface area contributed by atoms with Crippen molar-refractivity contribution in [3.63, 3.8) is 0 Å². The van der Waals surface area contributed by atoms with Crippen LogP contribution in [0, 0.1) is 5.82 Å². The molecule has 0 fully saturated rings. The Morgan fingerprint density at radius 1 is 1.11 bits per heavy atom. The van der Waals surface area contributed by atoms with Gasteiger partial charge in [0.1, 0.15) is 11.6 Å². The maximum atomic E-state index is 13.1. The van der Waals surface area contributed by atoms with E-state index in [-0.39, 0.29) is 5.82 Å². The number of aromatic nitrogens is 3. The Balaban J connectivity index is 1.94. The van der Waals surface area contributed by atoms with Gasteiger partial charge in [0.25, 0.3) is 0 Å². The third kappa shape index (κ3) is 3.81. The van der Waals surface area contributed by atoms with Crippen molar-refractivity contribution in [2.75, 3.05) is 0 Å². The van der Waals surface area contributed by atoms with Gasteiger partial charge in [0, 0.05) is 17.7 Å². The lowest BCUT2D eigenvalue weighted by atomic mass is 10.1. The SMILES string of the molecule is CCn1c(-c2ccc(C(N)=O)cc2)nnc1C(C)(C)Oc1ccc(F)cc1. The van der Waals surface area contributed by atoms with Crippen molar-refractivity contribution in [3.8, 4) is 17.1 Å². The highest BCUT2D eigenvalue weighted by molar-refractivity contribution is 5.93. The third-order valence-corrected chi connectivity index (χ3v) is 4.22. The fraction of sp³-hybridized carbons (Fsp3) is 0.250. The Labute approximate surface area is 156 Å². The highest BCUT2D eigenvalue weighted by Crippen LogP contribution is 2.29. The van der Waals surface area contributed by atoms with Crippen LogP contribution in [0.2, 0.25) is 0 Å². The molecule has 2 aromatic carbocycles. The van der Waals surface area contributed by atoms with E-state index in [9.17, 15) is 9.18 Å². The smallest absolute Gasteiger partial charge is 0.248 e. The maximum absolute atomic E-state index is 13.1. The Bertz CT molecular complexity index is 947. The fourth-order valence-corrected chi connectivity index (χ4v) is 2.89. The number of primary amides is 1. The normalized spacial score (nSPS) is 11.4. The number of carbonyl (C=O) groups is 1. The van der Waals surface area contributed by atoms with E-state index >= 15 is 0 Å². The van der Waals surface area contributed by atoms with Crippen LogP contribution in [-0.4, -0.2) is 20.7 Å². The minimum atomic E-state index is -0.785. The summed E-state index contributed by atoms with van der Waals surface area (Å²) in [4.78, 5) is 11.3. The van der Waals surface area contributed by atoms with Crippen LogP contribution < -0.4 is 10.5 Å². The number of nitrogens with two attached hydrogens (primary N) is 1. The zero-order valence-corrected chi connectivity index (χ0v) is 15.4. The second-order valence-corrected chi connectivity index (χ2v) is 6.60. The molecule has 140 valence electrons. The molecule has 0 aliphatic heterocycles. The standard InChI is InChI=1S/C20H21FN4O2/c1-4-25-18(14-7-5-13(6-8-14)17(22)26)23-24-19(25)20(2,3)27-16-11-9-15(21)10-12-16/h5-12H,4H2,1-3H3,(H2,22,26). The molecule has 1 aromatic heterocycles. The molecular weight excluding hydrogens is 347 g/mol. The molecule has 2 N–H and O–H groups in total. The first-order valence-corrected chi connectivity index (χ1v) is 8.60. The summed E-state index contributed by atoms with van der Waals surface area (Å²) in [6, 6.07) is 12.7. The van der Waals surface area contributed by atoms with Crippen LogP contribution >= 0.6 is 0 Å². The fourth-order valence-electron chi connectivity index (χ4n) is 2.89. The minimum Gasteiger partial charge on any atom is -0.480 e. The number of amides is 1. The first-order valence-electron chi connectivity index (χ1n) is 8.60. The Morgan fingerprint density at radius 3 is 2.30 bits per heavy atom. The second kappa shape index (κ2) is 7.19. The summed E-state index contributed by atoms with van der Waals surface area (Å²) in [5.74, 6) is 1.05. The van der Waals surface area contributed by atoms with E-state index in [2.05, 4.69) is 10.2 Å². The molecule has 0 bridgehead atoms. The van der Waals surface area contributed by atoms with Crippen LogP contribution in [0.5, 0.6) is 5.75 Å². The molecule has 3 rings (SSSR count). The monoisotopic (exact) mass is 368 g/mol. The molecule has 27 heavy (non-hydrogen) atoms. The van der Waals surface area contributed by atoms with Gasteiger partial charge in [0.15, 0.2) is 17.2 Å². The Morgan fingerprint density at radius 2 is 1.74 bits per heavy atom. The molecule has 0 atom stereocenters. The highest BCUT2D eigenvalue weighted by atomic mass is 19.1. The summed E-state index contributed by atoms with van der Waals surface area (Å²) >= 11 is 0. The van der Waals surface area contributed by atoms with Crippen molar-refractivity contribution >= 4 is 5.91 Å².